The van der Waals surface area contributed by atoms with Crippen molar-refractivity contribution in [2.24, 2.45) is 0 Å². The van der Waals surface area contributed by atoms with Gasteiger partial charge >= 0.3 is 6.03 Å². The molecule has 1 aliphatic heterocycles. The Morgan fingerprint density at radius 1 is 1.03 bits per heavy atom. The van der Waals surface area contributed by atoms with Crippen molar-refractivity contribution in [1.29, 1.82) is 0 Å². The standard InChI is InChI=1S/C26H30N4O/c1-19-7-6-9-22(17-19)28-26(31)27-18-25(21-11-13-23(14-12-21)29(2)3)30-16-15-20-8-4-5-10-24(20)30/h4-14,17,25H,15-16,18H2,1-3H3,(H2,27,28,31)/t25-/m0/s1. The highest BCUT2D eigenvalue weighted by Crippen LogP contribution is 2.35. The van der Waals surface area contributed by atoms with Gasteiger partial charge in [-0.1, -0.05) is 42.5 Å². The van der Waals surface area contributed by atoms with Crippen LogP contribution in [0.3, 0.4) is 0 Å². The van der Waals surface area contributed by atoms with E-state index < -0.39 is 0 Å². The molecule has 0 aliphatic carbocycles. The fourth-order valence-corrected chi connectivity index (χ4v) is 4.18. The highest BCUT2D eigenvalue weighted by Gasteiger charge is 2.27. The molecule has 2 amide bonds. The Morgan fingerprint density at radius 2 is 1.81 bits per heavy atom. The SMILES string of the molecule is Cc1cccc(NC(=O)NC[C@@H](c2ccc(N(C)C)cc2)N2CCc3ccccc32)c1. The molecule has 0 radical (unpaired) electrons. The molecule has 31 heavy (non-hydrogen) atoms. The second-order valence-corrected chi connectivity index (χ2v) is 8.28. The van der Waals surface area contributed by atoms with Crippen LogP contribution in [-0.2, 0) is 6.42 Å². The minimum atomic E-state index is -0.187. The van der Waals surface area contributed by atoms with Gasteiger partial charge in [0.15, 0.2) is 0 Å². The number of hydrogen-bond donors (Lipinski definition) is 2. The van der Waals surface area contributed by atoms with Crippen molar-refractivity contribution < 1.29 is 4.79 Å². The molecular formula is C26H30N4O. The Balaban J connectivity index is 1.53. The maximum absolute atomic E-state index is 12.6. The number of rotatable bonds is 6. The van der Waals surface area contributed by atoms with Gasteiger partial charge in [0.25, 0.3) is 0 Å². The number of carbonyl (C=O) groups excluding carboxylic acids is 1. The summed E-state index contributed by atoms with van der Waals surface area (Å²) in [4.78, 5) is 17.1. The van der Waals surface area contributed by atoms with Crippen molar-refractivity contribution in [3.63, 3.8) is 0 Å². The topological polar surface area (TPSA) is 47.6 Å². The van der Waals surface area contributed by atoms with E-state index in [4.69, 9.17) is 0 Å². The summed E-state index contributed by atoms with van der Waals surface area (Å²) in [5.41, 5.74) is 6.89. The molecule has 5 heteroatoms. The number of para-hydroxylation sites is 1. The fraction of sp³-hybridized carbons (Fsp3) is 0.269. The molecule has 3 aromatic carbocycles. The zero-order chi connectivity index (χ0) is 21.8. The van der Waals surface area contributed by atoms with E-state index in [1.165, 1.54) is 16.8 Å². The zero-order valence-corrected chi connectivity index (χ0v) is 18.4. The molecule has 1 atom stereocenters. The van der Waals surface area contributed by atoms with E-state index in [0.717, 1.165) is 29.9 Å². The molecule has 2 N–H and O–H groups in total. The third kappa shape index (κ3) is 4.82. The summed E-state index contributed by atoms with van der Waals surface area (Å²) >= 11 is 0. The van der Waals surface area contributed by atoms with Crippen molar-refractivity contribution in [1.82, 2.24) is 5.32 Å². The summed E-state index contributed by atoms with van der Waals surface area (Å²) in [6, 6.07) is 24.9. The van der Waals surface area contributed by atoms with Gasteiger partial charge in [-0.15, -0.1) is 0 Å². The van der Waals surface area contributed by atoms with Gasteiger partial charge in [0.2, 0.25) is 0 Å². The molecule has 0 unspecified atom stereocenters. The van der Waals surface area contributed by atoms with Gasteiger partial charge in [-0.05, 0) is 60.4 Å². The zero-order valence-electron chi connectivity index (χ0n) is 18.4. The smallest absolute Gasteiger partial charge is 0.319 e. The fourth-order valence-electron chi connectivity index (χ4n) is 4.18. The summed E-state index contributed by atoms with van der Waals surface area (Å²) in [6.45, 7) is 3.48. The van der Waals surface area contributed by atoms with Crippen LogP contribution in [0, 0.1) is 6.92 Å². The summed E-state index contributed by atoms with van der Waals surface area (Å²) in [5, 5.41) is 6.04. The maximum Gasteiger partial charge on any atom is 0.319 e. The van der Waals surface area contributed by atoms with Gasteiger partial charge < -0.3 is 20.4 Å². The molecular weight excluding hydrogens is 384 g/mol. The first-order valence-electron chi connectivity index (χ1n) is 10.7. The van der Waals surface area contributed by atoms with Gasteiger partial charge in [-0.3, -0.25) is 0 Å². The number of nitrogens with one attached hydrogen (secondary N) is 2. The molecule has 0 bridgehead atoms. The number of aryl methyl sites for hydroxylation is 1. The van der Waals surface area contributed by atoms with Crippen molar-refractivity contribution in [2.75, 3.05) is 42.3 Å². The molecule has 4 rings (SSSR count). The van der Waals surface area contributed by atoms with E-state index in [2.05, 4.69) is 69.0 Å². The van der Waals surface area contributed by atoms with Crippen molar-refractivity contribution in [3.8, 4) is 0 Å². The second kappa shape index (κ2) is 9.13. The number of urea groups is 1. The number of benzene rings is 3. The van der Waals surface area contributed by atoms with Crippen molar-refractivity contribution in [2.45, 2.75) is 19.4 Å². The van der Waals surface area contributed by atoms with Crippen LogP contribution in [0.2, 0.25) is 0 Å². The van der Waals surface area contributed by atoms with E-state index in [0.29, 0.717) is 6.54 Å². The summed E-state index contributed by atoms with van der Waals surface area (Å²) < 4.78 is 0. The molecule has 1 aliphatic rings. The molecule has 5 nitrogen and oxygen atoms in total. The normalized spacial score (nSPS) is 13.5. The summed E-state index contributed by atoms with van der Waals surface area (Å²) in [7, 11) is 4.08. The van der Waals surface area contributed by atoms with Crippen LogP contribution in [0.5, 0.6) is 0 Å². The molecule has 160 valence electrons. The Bertz CT molecular complexity index is 1050. The predicted octanol–water partition coefficient (Wildman–Crippen LogP) is 4.99. The highest BCUT2D eigenvalue weighted by atomic mass is 16.2. The molecule has 0 saturated carbocycles. The minimum absolute atomic E-state index is 0.0584. The van der Waals surface area contributed by atoms with E-state index in [-0.39, 0.29) is 12.1 Å². The van der Waals surface area contributed by atoms with Crippen LogP contribution < -0.4 is 20.4 Å². The number of amides is 2. The Morgan fingerprint density at radius 3 is 2.55 bits per heavy atom. The molecule has 3 aromatic rings. The van der Waals surface area contributed by atoms with Crippen LogP contribution in [-0.4, -0.2) is 33.2 Å². The first-order valence-corrected chi connectivity index (χ1v) is 10.7. The lowest BCUT2D eigenvalue weighted by Crippen LogP contribution is -2.39. The Hall–Kier alpha value is -3.47. The number of hydrogen-bond acceptors (Lipinski definition) is 3. The molecule has 0 aromatic heterocycles. The van der Waals surface area contributed by atoms with Gasteiger partial charge in [0.1, 0.15) is 0 Å². The lowest BCUT2D eigenvalue weighted by atomic mass is 10.0. The van der Waals surface area contributed by atoms with Gasteiger partial charge in [-0.2, -0.15) is 0 Å². The predicted molar refractivity (Wildman–Crippen MR) is 129 cm³/mol. The summed E-state index contributed by atoms with van der Waals surface area (Å²) in [6.07, 6.45) is 1.03. The van der Waals surface area contributed by atoms with Crippen LogP contribution >= 0.6 is 0 Å². The van der Waals surface area contributed by atoms with Gasteiger partial charge in [0, 0.05) is 44.2 Å². The number of fused-ring (bicyclic) bond motifs is 1. The third-order valence-corrected chi connectivity index (χ3v) is 5.83. The van der Waals surface area contributed by atoms with E-state index in [1.807, 2.05) is 45.3 Å². The third-order valence-electron chi connectivity index (χ3n) is 5.83. The Kier molecular flexibility index (Phi) is 6.12. The maximum atomic E-state index is 12.6. The number of anilines is 3. The van der Waals surface area contributed by atoms with Gasteiger partial charge in [-0.25, -0.2) is 4.79 Å². The molecule has 1 heterocycles. The van der Waals surface area contributed by atoms with Crippen LogP contribution in [0.15, 0.2) is 72.8 Å². The van der Waals surface area contributed by atoms with Gasteiger partial charge in [0.05, 0.1) is 6.04 Å². The quantitative estimate of drug-likeness (QED) is 0.598. The van der Waals surface area contributed by atoms with Crippen LogP contribution in [0.25, 0.3) is 0 Å². The van der Waals surface area contributed by atoms with E-state index in [1.54, 1.807) is 0 Å². The highest BCUT2D eigenvalue weighted by molar-refractivity contribution is 5.89. The average molecular weight is 415 g/mol. The molecule has 0 fully saturated rings. The van der Waals surface area contributed by atoms with Crippen molar-refractivity contribution in [3.05, 3.63) is 89.5 Å². The lowest BCUT2D eigenvalue weighted by Gasteiger charge is -2.31. The second-order valence-electron chi connectivity index (χ2n) is 8.28. The van der Waals surface area contributed by atoms with E-state index in [9.17, 15) is 4.79 Å². The largest absolute Gasteiger partial charge is 0.378 e. The molecule has 0 saturated heterocycles. The first kappa shape index (κ1) is 20.8. The number of carbonyl (C=O) groups is 1. The number of nitrogens with zero attached hydrogens (tertiary/aromatic N) is 2. The van der Waals surface area contributed by atoms with Crippen LogP contribution in [0.4, 0.5) is 21.9 Å². The van der Waals surface area contributed by atoms with Crippen LogP contribution in [0.1, 0.15) is 22.7 Å². The lowest BCUT2D eigenvalue weighted by molar-refractivity contribution is 0.251. The summed E-state index contributed by atoms with van der Waals surface area (Å²) in [5.74, 6) is 0. The minimum Gasteiger partial charge on any atom is -0.378 e. The molecule has 0 spiro atoms. The van der Waals surface area contributed by atoms with E-state index >= 15 is 0 Å². The Labute approximate surface area is 184 Å². The monoisotopic (exact) mass is 414 g/mol. The average Bonchev–Trinajstić information content (AvgIpc) is 3.18. The first-order chi connectivity index (χ1) is 15.0. The van der Waals surface area contributed by atoms with Crippen molar-refractivity contribution >= 4 is 23.1 Å².